The average Bonchev–Trinajstić information content (AvgIpc) is 2.41. The van der Waals surface area contributed by atoms with Crippen molar-refractivity contribution in [1.29, 1.82) is 5.26 Å². The van der Waals surface area contributed by atoms with Crippen LogP contribution in [0.2, 0.25) is 0 Å². The molecule has 19 heavy (non-hydrogen) atoms. The SMILES string of the molecule is Cc1cc(=O)n(C)c(COc2cccc(C#N)c2)n1. The Morgan fingerprint density at radius 1 is 1.42 bits per heavy atom. The molecule has 0 aliphatic carbocycles. The molecule has 5 nitrogen and oxygen atoms in total. The summed E-state index contributed by atoms with van der Waals surface area (Å²) in [5, 5.41) is 8.80. The lowest BCUT2D eigenvalue weighted by Crippen LogP contribution is -2.23. The zero-order valence-electron chi connectivity index (χ0n) is 10.8. The maximum Gasteiger partial charge on any atom is 0.253 e. The molecule has 1 aromatic heterocycles. The van der Waals surface area contributed by atoms with Gasteiger partial charge in [-0.2, -0.15) is 5.26 Å². The van der Waals surface area contributed by atoms with E-state index in [9.17, 15) is 4.79 Å². The predicted molar refractivity (Wildman–Crippen MR) is 69.7 cm³/mol. The predicted octanol–water partition coefficient (Wildman–Crippen LogP) is 1.54. The highest BCUT2D eigenvalue weighted by Gasteiger charge is 2.05. The second kappa shape index (κ2) is 5.36. The third kappa shape index (κ3) is 2.99. The maximum absolute atomic E-state index is 11.6. The first-order valence-electron chi connectivity index (χ1n) is 5.76. The van der Waals surface area contributed by atoms with Gasteiger partial charge < -0.3 is 4.74 Å². The van der Waals surface area contributed by atoms with E-state index >= 15 is 0 Å². The lowest BCUT2D eigenvalue weighted by molar-refractivity contribution is 0.288. The van der Waals surface area contributed by atoms with E-state index in [1.54, 1.807) is 38.2 Å². The van der Waals surface area contributed by atoms with E-state index in [0.29, 0.717) is 22.8 Å². The van der Waals surface area contributed by atoms with Crippen molar-refractivity contribution in [3.8, 4) is 11.8 Å². The number of hydrogen-bond acceptors (Lipinski definition) is 4. The number of nitriles is 1. The van der Waals surface area contributed by atoms with Crippen LogP contribution in [0.4, 0.5) is 0 Å². The molecule has 0 N–H and O–H groups in total. The Morgan fingerprint density at radius 3 is 2.95 bits per heavy atom. The molecule has 0 saturated heterocycles. The van der Waals surface area contributed by atoms with Crippen molar-refractivity contribution < 1.29 is 4.74 Å². The van der Waals surface area contributed by atoms with Gasteiger partial charge in [0.2, 0.25) is 0 Å². The van der Waals surface area contributed by atoms with E-state index in [1.807, 2.05) is 6.07 Å². The lowest BCUT2D eigenvalue weighted by Gasteiger charge is -2.09. The molecule has 0 bridgehead atoms. The number of ether oxygens (including phenoxy) is 1. The molecule has 0 aliphatic rings. The normalized spacial score (nSPS) is 9.95. The second-order valence-corrected chi connectivity index (χ2v) is 4.14. The third-order valence-corrected chi connectivity index (χ3v) is 2.69. The number of hydrogen-bond donors (Lipinski definition) is 0. The lowest BCUT2D eigenvalue weighted by atomic mass is 10.2. The van der Waals surface area contributed by atoms with E-state index in [0.717, 1.165) is 0 Å². The van der Waals surface area contributed by atoms with Gasteiger partial charge in [-0.3, -0.25) is 9.36 Å². The number of nitrogens with zero attached hydrogens (tertiary/aromatic N) is 3. The standard InChI is InChI=1S/C14H13N3O2/c1-10-6-14(18)17(2)13(16-10)9-19-12-5-3-4-11(7-12)8-15/h3-7H,9H2,1-2H3. The molecule has 0 amide bonds. The minimum atomic E-state index is -0.114. The molecule has 1 heterocycles. The van der Waals surface area contributed by atoms with Gasteiger partial charge in [-0.1, -0.05) is 6.07 Å². The van der Waals surface area contributed by atoms with E-state index in [1.165, 1.54) is 10.6 Å². The highest BCUT2D eigenvalue weighted by molar-refractivity contribution is 5.36. The van der Waals surface area contributed by atoms with Gasteiger partial charge in [0, 0.05) is 18.8 Å². The quantitative estimate of drug-likeness (QED) is 0.834. The van der Waals surface area contributed by atoms with Gasteiger partial charge in [0.05, 0.1) is 11.6 Å². The van der Waals surface area contributed by atoms with Crippen molar-refractivity contribution in [3.05, 3.63) is 57.8 Å². The Morgan fingerprint density at radius 2 is 2.21 bits per heavy atom. The van der Waals surface area contributed by atoms with Gasteiger partial charge >= 0.3 is 0 Å². The Hall–Kier alpha value is -2.61. The topological polar surface area (TPSA) is 67.9 Å². The first-order chi connectivity index (χ1) is 9.10. The first kappa shape index (κ1) is 12.8. The molecule has 2 aromatic rings. The van der Waals surface area contributed by atoms with Gasteiger partial charge in [0.1, 0.15) is 18.2 Å². The average molecular weight is 255 g/mol. The Balaban J connectivity index is 2.19. The molecule has 0 spiro atoms. The van der Waals surface area contributed by atoms with Crippen LogP contribution in [-0.2, 0) is 13.7 Å². The van der Waals surface area contributed by atoms with Crippen LogP contribution >= 0.6 is 0 Å². The zero-order chi connectivity index (χ0) is 13.8. The van der Waals surface area contributed by atoms with E-state index in [4.69, 9.17) is 10.00 Å². The molecule has 1 aromatic carbocycles. The first-order valence-corrected chi connectivity index (χ1v) is 5.76. The van der Waals surface area contributed by atoms with Gasteiger partial charge in [-0.25, -0.2) is 4.98 Å². The summed E-state index contributed by atoms with van der Waals surface area (Å²) in [6.45, 7) is 1.95. The number of aryl methyl sites for hydroxylation is 1. The molecule has 0 radical (unpaired) electrons. The summed E-state index contributed by atoms with van der Waals surface area (Å²) < 4.78 is 7.00. The molecule has 2 rings (SSSR count). The fourth-order valence-corrected chi connectivity index (χ4v) is 1.65. The van der Waals surface area contributed by atoms with Crippen LogP contribution in [0.25, 0.3) is 0 Å². The van der Waals surface area contributed by atoms with E-state index < -0.39 is 0 Å². The van der Waals surface area contributed by atoms with Crippen LogP contribution in [-0.4, -0.2) is 9.55 Å². The van der Waals surface area contributed by atoms with Crippen LogP contribution in [0, 0.1) is 18.3 Å². The highest BCUT2D eigenvalue weighted by Crippen LogP contribution is 2.13. The van der Waals surface area contributed by atoms with Crippen LogP contribution in [0.15, 0.2) is 35.1 Å². The van der Waals surface area contributed by atoms with E-state index in [-0.39, 0.29) is 12.2 Å². The summed E-state index contributed by atoms with van der Waals surface area (Å²) in [7, 11) is 1.65. The van der Waals surface area contributed by atoms with Crippen molar-refractivity contribution >= 4 is 0 Å². The Kier molecular flexibility index (Phi) is 3.62. The minimum absolute atomic E-state index is 0.114. The maximum atomic E-state index is 11.6. The zero-order valence-corrected chi connectivity index (χ0v) is 10.8. The summed E-state index contributed by atoms with van der Waals surface area (Å²) in [6, 6.07) is 10.4. The van der Waals surface area contributed by atoms with Crippen LogP contribution < -0.4 is 10.3 Å². The second-order valence-electron chi connectivity index (χ2n) is 4.14. The van der Waals surface area contributed by atoms with Gasteiger partial charge in [-0.15, -0.1) is 0 Å². The summed E-state index contributed by atoms with van der Waals surface area (Å²) in [4.78, 5) is 15.9. The largest absolute Gasteiger partial charge is 0.486 e. The molecule has 0 atom stereocenters. The fraction of sp³-hybridized carbons (Fsp3) is 0.214. The van der Waals surface area contributed by atoms with Gasteiger partial charge in [0.25, 0.3) is 5.56 Å². The summed E-state index contributed by atoms with van der Waals surface area (Å²) in [6.07, 6.45) is 0. The summed E-state index contributed by atoms with van der Waals surface area (Å²) >= 11 is 0. The van der Waals surface area contributed by atoms with Crippen molar-refractivity contribution in [2.75, 3.05) is 0 Å². The number of rotatable bonds is 3. The minimum Gasteiger partial charge on any atom is -0.486 e. The van der Waals surface area contributed by atoms with Crippen molar-refractivity contribution in [3.63, 3.8) is 0 Å². The van der Waals surface area contributed by atoms with Crippen molar-refractivity contribution in [1.82, 2.24) is 9.55 Å². The number of aromatic nitrogens is 2. The molecule has 0 aliphatic heterocycles. The number of benzene rings is 1. The van der Waals surface area contributed by atoms with Gasteiger partial charge in [0.15, 0.2) is 0 Å². The Bertz CT molecular complexity index is 699. The molecule has 96 valence electrons. The van der Waals surface area contributed by atoms with Crippen molar-refractivity contribution in [2.45, 2.75) is 13.5 Å². The van der Waals surface area contributed by atoms with Crippen LogP contribution in [0.5, 0.6) is 5.75 Å². The molecule has 5 heteroatoms. The summed E-state index contributed by atoms with van der Waals surface area (Å²) in [5.41, 5.74) is 1.08. The molecule has 0 fully saturated rings. The summed E-state index contributed by atoms with van der Waals surface area (Å²) in [5.74, 6) is 1.13. The molecular weight excluding hydrogens is 242 g/mol. The highest BCUT2D eigenvalue weighted by atomic mass is 16.5. The van der Waals surface area contributed by atoms with Crippen molar-refractivity contribution in [2.24, 2.45) is 7.05 Å². The molecular formula is C14H13N3O2. The smallest absolute Gasteiger partial charge is 0.253 e. The van der Waals surface area contributed by atoms with E-state index in [2.05, 4.69) is 4.98 Å². The molecule has 0 unspecified atom stereocenters. The Labute approximate surface area is 110 Å². The van der Waals surface area contributed by atoms with Crippen LogP contribution in [0.1, 0.15) is 17.1 Å². The molecule has 0 saturated carbocycles. The van der Waals surface area contributed by atoms with Crippen LogP contribution in [0.3, 0.4) is 0 Å². The van der Waals surface area contributed by atoms with Gasteiger partial charge in [-0.05, 0) is 25.1 Å². The third-order valence-electron chi connectivity index (χ3n) is 2.69. The monoisotopic (exact) mass is 255 g/mol. The fourth-order valence-electron chi connectivity index (χ4n) is 1.65.